The van der Waals surface area contributed by atoms with Gasteiger partial charge >= 0.3 is 0 Å². The fourth-order valence-corrected chi connectivity index (χ4v) is 3.49. The Morgan fingerprint density at radius 1 is 0.781 bits per heavy atom. The largest absolute Gasteiger partial charge is 0.489 e. The van der Waals surface area contributed by atoms with Gasteiger partial charge in [0.15, 0.2) is 17.3 Å². The SMILES string of the molecule is c1cc(COc2ccc(Cc3noc(CCc4ccc5c(c4)OCCO5)n3)cc2)ccn1. The van der Waals surface area contributed by atoms with Gasteiger partial charge in [-0.05, 0) is 59.5 Å². The van der Waals surface area contributed by atoms with Crippen LogP contribution in [0.5, 0.6) is 17.2 Å². The first-order chi connectivity index (χ1) is 15.8. The van der Waals surface area contributed by atoms with Crippen LogP contribution < -0.4 is 14.2 Å². The van der Waals surface area contributed by atoms with Crippen molar-refractivity contribution in [2.45, 2.75) is 25.9 Å². The van der Waals surface area contributed by atoms with E-state index in [1.54, 1.807) is 12.4 Å². The van der Waals surface area contributed by atoms with Crippen LogP contribution >= 0.6 is 0 Å². The molecule has 0 aliphatic carbocycles. The zero-order valence-corrected chi connectivity index (χ0v) is 17.6. The van der Waals surface area contributed by atoms with Crippen molar-refractivity contribution in [3.05, 3.63) is 95.4 Å². The van der Waals surface area contributed by atoms with Gasteiger partial charge in [0.2, 0.25) is 5.89 Å². The van der Waals surface area contributed by atoms with Crippen molar-refractivity contribution in [2.24, 2.45) is 0 Å². The van der Waals surface area contributed by atoms with Gasteiger partial charge in [-0.25, -0.2) is 0 Å². The Kier molecular flexibility index (Phi) is 5.96. The predicted octanol–water partition coefficient (Wildman–Crippen LogP) is 4.19. The third-order valence-electron chi connectivity index (χ3n) is 5.18. The summed E-state index contributed by atoms with van der Waals surface area (Å²) in [5.74, 6) is 3.72. The van der Waals surface area contributed by atoms with Gasteiger partial charge < -0.3 is 18.7 Å². The van der Waals surface area contributed by atoms with Gasteiger partial charge in [0.25, 0.3) is 0 Å². The Balaban J connectivity index is 1.13. The maximum Gasteiger partial charge on any atom is 0.226 e. The molecule has 0 N–H and O–H groups in total. The Morgan fingerprint density at radius 3 is 2.41 bits per heavy atom. The minimum atomic E-state index is 0.513. The summed E-state index contributed by atoms with van der Waals surface area (Å²) in [4.78, 5) is 8.55. The van der Waals surface area contributed by atoms with Crippen molar-refractivity contribution in [1.82, 2.24) is 15.1 Å². The van der Waals surface area contributed by atoms with Gasteiger partial charge in [-0.2, -0.15) is 4.98 Å². The van der Waals surface area contributed by atoms with Crippen LogP contribution in [0.1, 0.15) is 28.4 Å². The fraction of sp³-hybridized carbons (Fsp3) is 0.240. The number of fused-ring (bicyclic) bond motifs is 1. The lowest BCUT2D eigenvalue weighted by Gasteiger charge is -2.18. The normalized spacial score (nSPS) is 12.5. The predicted molar refractivity (Wildman–Crippen MR) is 117 cm³/mol. The molecule has 2 aromatic heterocycles. The molecule has 32 heavy (non-hydrogen) atoms. The molecule has 7 heteroatoms. The minimum absolute atomic E-state index is 0.513. The molecular weight excluding hydrogens is 406 g/mol. The molecule has 0 amide bonds. The molecule has 0 fully saturated rings. The van der Waals surface area contributed by atoms with Crippen LogP contribution in [0.15, 0.2) is 71.5 Å². The van der Waals surface area contributed by atoms with Crippen LogP contribution in [0.25, 0.3) is 0 Å². The van der Waals surface area contributed by atoms with E-state index < -0.39 is 0 Å². The number of ether oxygens (including phenoxy) is 3. The highest BCUT2D eigenvalue weighted by Gasteiger charge is 2.13. The molecule has 0 saturated carbocycles. The van der Waals surface area contributed by atoms with E-state index in [2.05, 4.69) is 15.1 Å². The highest BCUT2D eigenvalue weighted by Crippen LogP contribution is 2.31. The maximum absolute atomic E-state index is 5.82. The number of aryl methyl sites for hydroxylation is 2. The number of pyridine rings is 1. The molecule has 0 bridgehead atoms. The van der Waals surface area contributed by atoms with Crippen LogP contribution in [0.2, 0.25) is 0 Å². The van der Waals surface area contributed by atoms with E-state index in [0.29, 0.717) is 44.4 Å². The molecule has 0 saturated heterocycles. The first kappa shape index (κ1) is 20.1. The monoisotopic (exact) mass is 429 g/mol. The number of rotatable bonds is 8. The second-order valence-electron chi connectivity index (χ2n) is 7.55. The van der Waals surface area contributed by atoms with Crippen LogP contribution in [0.3, 0.4) is 0 Å². The Hall–Kier alpha value is -3.87. The van der Waals surface area contributed by atoms with Crippen LogP contribution in [-0.4, -0.2) is 28.3 Å². The fourth-order valence-electron chi connectivity index (χ4n) is 3.49. The average molecular weight is 429 g/mol. The van der Waals surface area contributed by atoms with Crippen molar-refractivity contribution in [3.63, 3.8) is 0 Å². The summed E-state index contributed by atoms with van der Waals surface area (Å²) in [6, 6.07) is 17.9. The zero-order valence-electron chi connectivity index (χ0n) is 17.6. The lowest BCUT2D eigenvalue weighted by molar-refractivity contribution is 0.171. The van der Waals surface area contributed by atoms with Crippen molar-refractivity contribution < 1.29 is 18.7 Å². The molecule has 162 valence electrons. The highest BCUT2D eigenvalue weighted by molar-refractivity contribution is 5.43. The lowest BCUT2D eigenvalue weighted by Crippen LogP contribution is -2.15. The first-order valence-electron chi connectivity index (χ1n) is 10.6. The number of hydrogen-bond acceptors (Lipinski definition) is 7. The Labute approximate surface area is 186 Å². The lowest BCUT2D eigenvalue weighted by atomic mass is 10.1. The third kappa shape index (κ3) is 5.06. The van der Waals surface area contributed by atoms with E-state index in [4.69, 9.17) is 18.7 Å². The molecule has 1 aliphatic rings. The standard InChI is InChI=1S/C25H23N3O4/c1-5-21(31-17-20-9-11-26-12-10-20)6-2-19(1)16-24-27-25(32-28-24)8-4-18-3-7-22-23(15-18)30-14-13-29-22/h1-3,5-7,9-12,15H,4,8,13-14,16-17H2. The number of nitrogens with zero attached hydrogens (tertiary/aromatic N) is 3. The van der Waals surface area contributed by atoms with Crippen molar-refractivity contribution in [2.75, 3.05) is 13.2 Å². The van der Waals surface area contributed by atoms with Gasteiger partial charge in [0, 0.05) is 25.2 Å². The van der Waals surface area contributed by atoms with Crippen molar-refractivity contribution in [1.29, 1.82) is 0 Å². The van der Waals surface area contributed by atoms with E-state index >= 15 is 0 Å². The van der Waals surface area contributed by atoms with Crippen molar-refractivity contribution in [3.8, 4) is 17.2 Å². The Bertz CT molecular complexity index is 1160. The van der Waals surface area contributed by atoms with Crippen LogP contribution in [0, 0.1) is 0 Å². The van der Waals surface area contributed by atoms with Crippen LogP contribution in [-0.2, 0) is 25.9 Å². The topological polar surface area (TPSA) is 79.5 Å². The van der Waals surface area contributed by atoms with Crippen LogP contribution in [0.4, 0.5) is 0 Å². The third-order valence-corrected chi connectivity index (χ3v) is 5.18. The van der Waals surface area contributed by atoms with E-state index in [-0.39, 0.29) is 0 Å². The molecule has 3 heterocycles. The molecule has 0 radical (unpaired) electrons. The summed E-state index contributed by atoms with van der Waals surface area (Å²) >= 11 is 0. The summed E-state index contributed by atoms with van der Waals surface area (Å²) in [6.45, 7) is 1.69. The summed E-state index contributed by atoms with van der Waals surface area (Å²) in [7, 11) is 0. The molecule has 1 aliphatic heterocycles. The van der Waals surface area contributed by atoms with E-state index in [1.165, 1.54) is 0 Å². The molecular formula is C25H23N3O4. The molecule has 0 atom stereocenters. The minimum Gasteiger partial charge on any atom is -0.489 e. The smallest absolute Gasteiger partial charge is 0.226 e. The van der Waals surface area contributed by atoms with Gasteiger partial charge in [0.05, 0.1) is 0 Å². The second kappa shape index (κ2) is 9.51. The molecule has 0 spiro atoms. The summed E-state index contributed by atoms with van der Waals surface area (Å²) in [5, 5.41) is 4.12. The number of aromatic nitrogens is 3. The number of benzene rings is 2. The second-order valence-corrected chi connectivity index (χ2v) is 7.55. The van der Waals surface area contributed by atoms with Crippen molar-refractivity contribution >= 4 is 0 Å². The highest BCUT2D eigenvalue weighted by atomic mass is 16.6. The molecule has 7 nitrogen and oxygen atoms in total. The average Bonchev–Trinajstić information content (AvgIpc) is 3.30. The molecule has 0 unspecified atom stereocenters. The summed E-state index contributed by atoms with van der Waals surface area (Å²) in [5.41, 5.74) is 3.33. The molecule has 2 aromatic carbocycles. The molecule has 4 aromatic rings. The quantitative estimate of drug-likeness (QED) is 0.415. The van der Waals surface area contributed by atoms with E-state index in [9.17, 15) is 0 Å². The molecule has 5 rings (SSSR count). The van der Waals surface area contributed by atoms with E-state index in [0.717, 1.165) is 40.4 Å². The van der Waals surface area contributed by atoms with E-state index in [1.807, 2.05) is 54.6 Å². The van der Waals surface area contributed by atoms with Gasteiger partial charge in [-0.1, -0.05) is 23.4 Å². The van der Waals surface area contributed by atoms with Gasteiger partial charge in [0.1, 0.15) is 25.6 Å². The zero-order chi connectivity index (χ0) is 21.6. The first-order valence-corrected chi connectivity index (χ1v) is 10.6. The number of hydrogen-bond donors (Lipinski definition) is 0. The summed E-state index contributed by atoms with van der Waals surface area (Å²) < 4.78 is 22.5. The summed E-state index contributed by atoms with van der Waals surface area (Å²) in [6.07, 6.45) is 5.60. The van der Waals surface area contributed by atoms with Gasteiger partial charge in [-0.15, -0.1) is 0 Å². The van der Waals surface area contributed by atoms with Gasteiger partial charge in [-0.3, -0.25) is 4.98 Å². The Morgan fingerprint density at radius 2 is 1.56 bits per heavy atom. The maximum atomic E-state index is 5.82.